The molecular formula is C22H40N4O7S. The Balaban J connectivity index is 5.48. The number of rotatable bonds is 17. The van der Waals surface area contributed by atoms with Crippen LogP contribution in [0.3, 0.4) is 0 Å². The number of carbonyl (C=O) groups is 5. The first-order valence-electron chi connectivity index (χ1n) is 11.4. The van der Waals surface area contributed by atoms with Crippen LogP contribution < -0.4 is 21.7 Å². The maximum Gasteiger partial charge on any atom is 0.326 e. The van der Waals surface area contributed by atoms with Crippen molar-refractivity contribution in [2.45, 2.75) is 84.0 Å². The highest BCUT2D eigenvalue weighted by Gasteiger charge is 2.32. The molecule has 34 heavy (non-hydrogen) atoms. The molecule has 11 nitrogen and oxygen atoms in total. The van der Waals surface area contributed by atoms with E-state index in [9.17, 15) is 29.1 Å². The summed E-state index contributed by atoms with van der Waals surface area (Å²) in [5.41, 5.74) is 5.75. The molecule has 12 heteroatoms. The summed E-state index contributed by atoms with van der Waals surface area (Å²) < 4.78 is 0. The number of carbonyl (C=O) groups excluding carboxylic acids is 3. The number of aliphatic carboxylic acids is 2. The minimum absolute atomic E-state index is 0.0366. The number of hydrogen-bond donors (Lipinski definition) is 6. The summed E-state index contributed by atoms with van der Waals surface area (Å²) in [5, 5.41) is 26.0. The Morgan fingerprint density at radius 3 is 1.94 bits per heavy atom. The first-order valence-corrected chi connectivity index (χ1v) is 12.8. The van der Waals surface area contributed by atoms with Gasteiger partial charge in [0.2, 0.25) is 17.7 Å². The van der Waals surface area contributed by atoms with Crippen molar-refractivity contribution in [3.05, 3.63) is 0 Å². The molecule has 0 saturated heterocycles. The van der Waals surface area contributed by atoms with Gasteiger partial charge in [0.15, 0.2) is 0 Å². The Morgan fingerprint density at radius 1 is 0.882 bits per heavy atom. The van der Waals surface area contributed by atoms with Gasteiger partial charge in [-0.15, -0.1) is 0 Å². The Bertz CT molecular complexity index is 705. The van der Waals surface area contributed by atoms with E-state index in [1.54, 1.807) is 6.92 Å². The molecule has 0 saturated carbocycles. The van der Waals surface area contributed by atoms with E-state index in [0.717, 1.165) is 0 Å². The quantitative estimate of drug-likeness (QED) is 0.164. The third-order valence-corrected chi connectivity index (χ3v) is 6.01. The summed E-state index contributed by atoms with van der Waals surface area (Å²) in [6.07, 6.45) is 2.52. The molecule has 5 atom stereocenters. The second-order valence-electron chi connectivity index (χ2n) is 8.78. The molecule has 0 aromatic carbocycles. The van der Waals surface area contributed by atoms with E-state index in [4.69, 9.17) is 10.8 Å². The van der Waals surface area contributed by atoms with E-state index in [0.29, 0.717) is 12.2 Å². The predicted octanol–water partition coefficient (Wildman–Crippen LogP) is 0.563. The minimum Gasteiger partial charge on any atom is -0.481 e. The van der Waals surface area contributed by atoms with E-state index in [1.165, 1.54) is 11.8 Å². The summed E-state index contributed by atoms with van der Waals surface area (Å²) in [6.45, 7) is 7.29. The van der Waals surface area contributed by atoms with Crippen LogP contribution in [-0.4, -0.2) is 76.0 Å². The molecule has 7 N–H and O–H groups in total. The minimum atomic E-state index is -1.16. The van der Waals surface area contributed by atoms with E-state index in [1.807, 2.05) is 27.0 Å². The Kier molecular flexibility index (Phi) is 15.2. The van der Waals surface area contributed by atoms with Crippen molar-refractivity contribution >= 4 is 41.4 Å². The molecule has 0 aliphatic heterocycles. The molecule has 0 fully saturated rings. The molecule has 0 spiro atoms. The van der Waals surface area contributed by atoms with Crippen LogP contribution in [0.25, 0.3) is 0 Å². The van der Waals surface area contributed by atoms with E-state index in [2.05, 4.69) is 16.0 Å². The third kappa shape index (κ3) is 12.2. The van der Waals surface area contributed by atoms with Crippen molar-refractivity contribution in [3.8, 4) is 0 Å². The average Bonchev–Trinajstić information content (AvgIpc) is 2.76. The second-order valence-corrected chi connectivity index (χ2v) is 9.77. The lowest BCUT2D eigenvalue weighted by Gasteiger charge is -2.28. The first-order chi connectivity index (χ1) is 15.8. The van der Waals surface area contributed by atoms with Crippen LogP contribution in [0, 0.1) is 11.8 Å². The Hall–Kier alpha value is -2.34. The van der Waals surface area contributed by atoms with Gasteiger partial charge in [0.05, 0.1) is 6.04 Å². The molecule has 0 aromatic heterocycles. The summed E-state index contributed by atoms with van der Waals surface area (Å²) in [5.74, 6) is -3.82. The monoisotopic (exact) mass is 504 g/mol. The number of nitrogens with one attached hydrogen (secondary N) is 3. The van der Waals surface area contributed by atoms with Crippen LogP contribution >= 0.6 is 11.8 Å². The van der Waals surface area contributed by atoms with Crippen LogP contribution in [-0.2, 0) is 24.0 Å². The van der Waals surface area contributed by atoms with Gasteiger partial charge in [0.25, 0.3) is 0 Å². The standard InChI is InChI=1S/C22H40N4O7S/c1-6-13(4)18(21(31)25-16(22(32)33)11-12(2)3)26-20(30)15(9-10-34-5)24-19(29)14(23)7-8-17(27)28/h12-16,18H,6-11,23H2,1-5H3,(H,24,29)(H,25,31)(H,26,30)(H,27,28)(H,32,33). The number of amides is 3. The van der Waals surface area contributed by atoms with Crippen molar-refractivity contribution in [3.63, 3.8) is 0 Å². The number of carboxylic acid groups (broad SMARTS) is 2. The number of nitrogens with two attached hydrogens (primary N) is 1. The lowest BCUT2D eigenvalue weighted by molar-refractivity contribution is -0.143. The lowest BCUT2D eigenvalue weighted by atomic mass is 9.96. The van der Waals surface area contributed by atoms with Gasteiger partial charge < -0.3 is 31.9 Å². The summed E-state index contributed by atoms with van der Waals surface area (Å²) in [4.78, 5) is 60.7. The summed E-state index contributed by atoms with van der Waals surface area (Å²) >= 11 is 1.47. The van der Waals surface area contributed by atoms with Gasteiger partial charge in [-0.2, -0.15) is 11.8 Å². The van der Waals surface area contributed by atoms with Gasteiger partial charge >= 0.3 is 11.9 Å². The topological polar surface area (TPSA) is 188 Å². The Morgan fingerprint density at radius 2 is 1.47 bits per heavy atom. The normalized spacial score (nSPS) is 15.5. The zero-order valence-corrected chi connectivity index (χ0v) is 21.4. The molecule has 0 rings (SSSR count). The number of hydrogen-bond acceptors (Lipinski definition) is 7. The molecule has 0 aliphatic carbocycles. The number of carboxylic acids is 2. The lowest BCUT2D eigenvalue weighted by Crippen LogP contribution is -2.58. The van der Waals surface area contributed by atoms with Crippen molar-refractivity contribution in [1.29, 1.82) is 0 Å². The molecule has 0 radical (unpaired) electrons. The maximum atomic E-state index is 13.0. The number of thioether (sulfide) groups is 1. The highest BCUT2D eigenvalue weighted by molar-refractivity contribution is 7.98. The molecule has 0 bridgehead atoms. The summed E-state index contributed by atoms with van der Waals surface area (Å²) in [7, 11) is 0. The summed E-state index contributed by atoms with van der Waals surface area (Å²) in [6, 6.07) is -4.17. The van der Waals surface area contributed by atoms with Gasteiger partial charge in [-0.25, -0.2) is 4.79 Å². The van der Waals surface area contributed by atoms with Crippen LogP contribution in [0.2, 0.25) is 0 Å². The van der Waals surface area contributed by atoms with Gasteiger partial charge in [-0.1, -0.05) is 34.1 Å². The maximum absolute atomic E-state index is 13.0. The largest absolute Gasteiger partial charge is 0.481 e. The fraction of sp³-hybridized carbons (Fsp3) is 0.773. The molecule has 196 valence electrons. The van der Waals surface area contributed by atoms with Gasteiger partial charge in [-0.05, 0) is 43.1 Å². The third-order valence-electron chi connectivity index (χ3n) is 5.36. The van der Waals surface area contributed by atoms with Crippen LogP contribution in [0.5, 0.6) is 0 Å². The SMILES string of the molecule is CCC(C)C(NC(=O)C(CCSC)NC(=O)C(N)CCC(=O)O)C(=O)NC(CC(C)C)C(=O)O. The molecule has 0 aromatic rings. The zero-order valence-electron chi connectivity index (χ0n) is 20.6. The van der Waals surface area contributed by atoms with Gasteiger partial charge in [-0.3, -0.25) is 19.2 Å². The fourth-order valence-corrected chi connectivity index (χ4v) is 3.57. The Labute approximate surface area is 205 Å². The van der Waals surface area contributed by atoms with Crippen molar-refractivity contribution < 1.29 is 34.2 Å². The average molecular weight is 505 g/mol. The van der Waals surface area contributed by atoms with Gasteiger partial charge in [0, 0.05) is 6.42 Å². The van der Waals surface area contributed by atoms with Crippen molar-refractivity contribution in [2.24, 2.45) is 17.6 Å². The van der Waals surface area contributed by atoms with E-state index < -0.39 is 53.8 Å². The van der Waals surface area contributed by atoms with Crippen LogP contribution in [0.1, 0.15) is 59.8 Å². The molecule has 5 unspecified atom stereocenters. The smallest absolute Gasteiger partial charge is 0.326 e. The predicted molar refractivity (Wildman–Crippen MR) is 130 cm³/mol. The molecular weight excluding hydrogens is 464 g/mol. The zero-order chi connectivity index (χ0) is 26.4. The first kappa shape index (κ1) is 31.7. The fourth-order valence-electron chi connectivity index (χ4n) is 3.10. The van der Waals surface area contributed by atoms with Crippen molar-refractivity contribution in [1.82, 2.24) is 16.0 Å². The highest BCUT2D eigenvalue weighted by Crippen LogP contribution is 2.12. The van der Waals surface area contributed by atoms with Crippen LogP contribution in [0.4, 0.5) is 0 Å². The van der Waals surface area contributed by atoms with Gasteiger partial charge in [0.1, 0.15) is 18.1 Å². The molecule has 0 heterocycles. The molecule has 3 amide bonds. The molecule has 0 aliphatic rings. The van der Waals surface area contributed by atoms with E-state index >= 15 is 0 Å². The van der Waals surface area contributed by atoms with Crippen molar-refractivity contribution in [2.75, 3.05) is 12.0 Å². The van der Waals surface area contributed by atoms with Crippen LogP contribution in [0.15, 0.2) is 0 Å². The van der Waals surface area contributed by atoms with E-state index in [-0.39, 0.29) is 37.5 Å². The second kappa shape index (κ2) is 16.3. The highest BCUT2D eigenvalue weighted by atomic mass is 32.2.